The smallest absolute Gasteiger partial charge is 0.317 e. The van der Waals surface area contributed by atoms with Crippen molar-refractivity contribution < 1.29 is 14.4 Å². The van der Waals surface area contributed by atoms with Gasteiger partial charge in [-0.25, -0.2) is 0 Å². The van der Waals surface area contributed by atoms with Gasteiger partial charge in [0, 0.05) is 0 Å². The van der Waals surface area contributed by atoms with Gasteiger partial charge < -0.3 is 9.57 Å². The normalized spacial score (nSPS) is 15.9. The third-order valence-corrected chi connectivity index (χ3v) is 2.46. The molecule has 82 valence electrons. The summed E-state index contributed by atoms with van der Waals surface area (Å²) in [6.45, 7) is 7.67. The summed E-state index contributed by atoms with van der Waals surface area (Å²) in [5, 5.41) is 3.79. The van der Waals surface area contributed by atoms with Gasteiger partial charge in [-0.2, -0.15) is 0 Å². The Balaban J connectivity index is 4.78. The number of nitrogens with zero attached hydrogens (tertiary/aromatic N) is 1. The van der Waals surface area contributed by atoms with E-state index in [9.17, 15) is 4.79 Å². The third kappa shape index (κ3) is 2.72. The van der Waals surface area contributed by atoms with E-state index in [1.165, 1.54) is 7.11 Å². The molecule has 0 amide bonds. The van der Waals surface area contributed by atoms with Crippen LogP contribution in [0.4, 0.5) is 0 Å². The standard InChI is InChI=1S/C10H19NO3/c1-6-10(4,8(3)11-13-5)9(12)14-7-2/h6-7H2,1-5H3/b11-8+. The van der Waals surface area contributed by atoms with Crippen molar-refractivity contribution in [2.75, 3.05) is 13.7 Å². The fraction of sp³-hybridized carbons (Fsp3) is 0.800. The van der Waals surface area contributed by atoms with Gasteiger partial charge in [-0.15, -0.1) is 0 Å². The SMILES string of the molecule is CCOC(=O)C(C)(CC)/C(C)=N/OC. The van der Waals surface area contributed by atoms with Crippen LogP contribution in [0.25, 0.3) is 0 Å². The Kier molecular flexibility index (Phi) is 5.20. The number of esters is 1. The maximum atomic E-state index is 11.7. The first-order chi connectivity index (χ1) is 6.52. The van der Waals surface area contributed by atoms with Crippen molar-refractivity contribution in [2.24, 2.45) is 10.6 Å². The van der Waals surface area contributed by atoms with Crippen LogP contribution in [-0.4, -0.2) is 25.4 Å². The van der Waals surface area contributed by atoms with Crippen LogP contribution in [0.15, 0.2) is 5.16 Å². The van der Waals surface area contributed by atoms with Crippen molar-refractivity contribution in [3.05, 3.63) is 0 Å². The molecule has 0 saturated carbocycles. The third-order valence-electron chi connectivity index (χ3n) is 2.46. The summed E-state index contributed by atoms with van der Waals surface area (Å²) in [4.78, 5) is 16.3. The predicted octanol–water partition coefficient (Wildman–Crippen LogP) is 1.99. The van der Waals surface area contributed by atoms with Crippen LogP contribution in [0, 0.1) is 5.41 Å². The van der Waals surface area contributed by atoms with Gasteiger partial charge in [0.05, 0.1) is 12.3 Å². The minimum atomic E-state index is -0.675. The zero-order chi connectivity index (χ0) is 11.2. The lowest BCUT2D eigenvalue weighted by atomic mass is 9.83. The highest BCUT2D eigenvalue weighted by Crippen LogP contribution is 2.25. The van der Waals surface area contributed by atoms with E-state index < -0.39 is 5.41 Å². The molecule has 0 N–H and O–H groups in total. The Hall–Kier alpha value is -1.06. The van der Waals surface area contributed by atoms with Gasteiger partial charge in [0.2, 0.25) is 0 Å². The van der Waals surface area contributed by atoms with Gasteiger partial charge in [0.15, 0.2) is 0 Å². The highest BCUT2D eigenvalue weighted by molar-refractivity contribution is 6.04. The highest BCUT2D eigenvalue weighted by atomic mass is 16.6. The second kappa shape index (κ2) is 5.62. The van der Waals surface area contributed by atoms with Crippen LogP contribution in [0.2, 0.25) is 0 Å². The van der Waals surface area contributed by atoms with E-state index in [2.05, 4.69) is 9.99 Å². The molecule has 0 aliphatic rings. The van der Waals surface area contributed by atoms with E-state index in [0.717, 1.165) is 0 Å². The molecule has 0 aromatic rings. The van der Waals surface area contributed by atoms with Crippen LogP contribution in [0.3, 0.4) is 0 Å². The number of carbonyl (C=O) groups is 1. The summed E-state index contributed by atoms with van der Waals surface area (Å²) in [6, 6.07) is 0. The molecule has 1 atom stereocenters. The first-order valence-electron chi connectivity index (χ1n) is 4.78. The van der Waals surface area contributed by atoms with Crippen LogP contribution < -0.4 is 0 Å². The number of hydrogen-bond acceptors (Lipinski definition) is 4. The molecular weight excluding hydrogens is 182 g/mol. The van der Waals surface area contributed by atoms with Crippen LogP contribution in [-0.2, 0) is 14.4 Å². The van der Waals surface area contributed by atoms with Gasteiger partial charge in [-0.05, 0) is 27.2 Å². The van der Waals surface area contributed by atoms with Gasteiger partial charge in [0.1, 0.15) is 12.5 Å². The monoisotopic (exact) mass is 201 g/mol. The molecule has 0 aromatic heterocycles. The summed E-state index contributed by atoms with van der Waals surface area (Å²) in [5.74, 6) is -0.249. The fourth-order valence-electron chi connectivity index (χ4n) is 1.08. The fourth-order valence-corrected chi connectivity index (χ4v) is 1.08. The maximum absolute atomic E-state index is 11.7. The molecule has 4 heteroatoms. The number of oxime groups is 1. The van der Waals surface area contributed by atoms with E-state index in [4.69, 9.17) is 4.74 Å². The molecule has 0 aliphatic heterocycles. The van der Waals surface area contributed by atoms with Gasteiger partial charge >= 0.3 is 5.97 Å². The summed E-state index contributed by atoms with van der Waals surface area (Å²) < 4.78 is 4.99. The number of ether oxygens (including phenoxy) is 1. The van der Waals surface area contributed by atoms with Crippen molar-refractivity contribution in [1.29, 1.82) is 0 Å². The van der Waals surface area contributed by atoms with Gasteiger partial charge in [-0.3, -0.25) is 4.79 Å². The molecule has 0 saturated heterocycles. The van der Waals surface area contributed by atoms with Crippen molar-refractivity contribution in [3.8, 4) is 0 Å². The molecule has 0 rings (SSSR count). The Bertz CT molecular complexity index is 225. The first kappa shape index (κ1) is 12.9. The Labute approximate surface area is 85.3 Å². The predicted molar refractivity (Wildman–Crippen MR) is 55.1 cm³/mol. The van der Waals surface area contributed by atoms with E-state index in [1.54, 1.807) is 13.8 Å². The Morgan fingerprint density at radius 2 is 2.00 bits per heavy atom. The minimum Gasteiger partial charge on any atom is -0.465 e. The maximum Gasteiger partial charge on any atom is 0.317 e. The molecular formula is C10H19NO3. The van der Waals surface area contributed by atoms with E-state index in [-0.39, 0.29) is 5.97 Å². The van der Waals surface area contributed by atoms with E-state index >= 15 is 0 Å². The van der Waals surface area contributed by atoms with Crippen molar-refractivity contribution in [3.63, 3.8) is 0 Å². The molecule has 4 nitrogen and oxygen atoms in total. The lowest BCUT2D eigenvalue weighted by Crippen LogP contribution is -2.36. The van der Waals surface area contributed by atoms with Crippen LogP contribution >= 0.6 is 0 Å². The molecule has 0 radical (unpaired) electrons. The van der Waals surface area contributed by atoms with Crippen molar-refractivity contribution in [1.82, 2.24) is 0 Å². The number of rotatable bonds is 5. The molecule has 1 unspecified atom stereocenters. The molecule has 0 aromatic carbocycles. The number of carbonyl (C=O) groups excluding carboxylic acids is 1. The van der Waals surface area contributed by atoms with Crippen LogP contribution in [0.5, 0.6) is 0 Å². The second-order valence-electron chi connectivity index (χ2n) is 3.27. The quantitative estimate of drug-likeness (QED) is 0.388. The summed E-state index contributed by atoms with van der Waals surface area (Å²) >= 11 is 0. The molecule has 0 fully saturated rings. The zero-order valence-corrected chi connectivity index (χ0v) is 9.59. The largest absolute Gasteiger partial charge is 0.465 e. The lowest BCUT2D eigenvalue weighted by Gasteiger charge is -2.24. The second-order valence-corrected chi connectivity index (χ2v) is 3.27. The van der Waals surface area contributed by atoms with Gasteiger partial charge in [-0.1, -0.05) is 12.1 Å². The van der Waals surface area contributed by atoms with E-state index in [0.29, 0.717) is 18.7 Å². The number of hydrogen-bond donors (Lipinski definition) is 0. The molecule has 0 bridgehead atoms. The molecule has 0 aliphatic carbocycles. The molecule has 0 heterocycles. The van der Waals surface area contributed by atoms with Gasteiger partial charge in [0.25, 0.3) is 0 Å². The Morgan fingerprint density at radius 1 is 1.43 bits per heavy atom. The van der Waals surface area contributed by atoms with Crippen LogP contribution in [0.1, 0.15) is 34.1 Å². The summed E-state index contributed by atoms with van der Waals surface area (Å²) in [7, 11) is 1.46. The minimum absolute atomic E-state index is 0.249. The summed E-state index contributed by atoms with van der Waals surface area (Å²) in [6.07, 6.45) is 0.643. The van der Waals surface area contributed by atoms with Crippen molar-refractivity contribution in [2.45, 2.75) is 34.1 Å². The topological polar surface area (TPSA) is 47.9 Å². The Morgan fingerprint density at radius 3 is 2.36 bits per heavy atom. The highest BCUT2D eigenvalue weighted by Gasteiger charge is 2.36. The lowest BCUT2D eigenvalue weighted by molar-refractivity contribution is -0.150. The first-order valence-corrected chi connectivity index (χ1v) is 4.78. The average Bonchev–Trinajstić information content (AvgIpc) is 2.17. The average molecular weight is 201 g/mol. The molecule has 14 heavy (non-hydrogen) atoms. The van der Waals surface area contributed by atoms with Crippen molar-refractivity contribution >= 4 is 11.7 Å². The molecule has 0 spiro atoms. The van der Waals surface area contributed by atoms with E-state index in [1.807, 2.05) is 13.8 Å². The zero-order valence-electron chi connectivity index (χ0n) is 9.59. The summed E-state index contributed by atoms with van der Waals surface area (Å²) in [5.41, 5.74) is -0.0348.